The van der Waals surface area contributed by atoms with Gasteiger partial charge in [-0.2, -0.15) is 0 Å². The summed E-state index contributed by atoms with van der Waals surface area (Å²) in [6, 6.07) is 0. The van der Waals surface area contributed by atoms with E-state index >= 15 is 0 Å². The topological polar surface area (TPSA) is 140 Å². The van der Waals surface area contributed by atoms with Crippen LogP contribution in [0.4, 0.5) is 0 Å². The summed E-state index contributed by atoms with van der Waals surface area (Å²) in [5.41, 5.74) is -2.69. The van der Waals surface area contributed by atoms with Crippen LogP contribution in [0, 0.1) is 6.92 Å². The molecule has 0 spiro atoms. The molecule has 0 aromatic carbocycles. The molecule has 0 amide bonds. The van der Waals surface area contributed by atoms with Crippen LogP contribution in [0.3, 0.4) is 0 Å². The molecule has 22 heavy (non-hydrogen) atoms. The molecule has 2 fully saturated rings. The van der Waals surface area contributed by atoms with Crippen molar-refractivity contribution in [3.05, 3.63) is 32.6 Å². The molecule has 2 aliphatic heterocycles. The van der Waals surface area contributed by atoms with Crippen LogP contribution in [-0.2, 0) is 18.3 Å². The third-order valence-electron chi connectivity index (χ3n) is 3.77. The standard InChI is InChI=1S/C11H13N2O8P/c1-5-3-13(10(16)12-8(5)15)7-2-11(17,6(4-14)19-7)9-20-22(18)21-9/h3,6-7,9,14,17H,2,4H2,1H3/p+1/t6-,7-,11-/m1/s1. The third kappa shape index (κ3) is 2.34. The van der Waals surface area contributed by atoms with Gasteiger partial charge < -0.3 is 14.9 Å². The van der Waals surface area contributed by atoms with Gasteiger partial charge in [0, 0.05) is 22.7 Å². The highest BCUT2D eigenvalue weighted by Crippen LogP contribution is 2.50. The second kappa shape index (κ2) is 5.34. The normalized spacial score (nSPS) is 36.3. The zero-order chi connectivity index (χ0) is 16.1. The van der Waals surface area contributed by atoms with Crippen molar-refractivity contribution in [2.45, 2.75) is 37.6 Å². The molecule has 11 heteroatoms. The van der Waals surface area contributed by atoms with E-state index in [0.717, 1.165) is 4.57 Å². The molecule has 10 nitrogen and oxygen atoms in total. The van der Waals surface area contributed by atoms with Crippen molar-refractivity contribution >= 4 is 8.25 Å². The van der Waals surface area contributed by atoms with Crippen molar-refractivity contribution in [2.75, 3.05) is 6.61 Å². The van der Waals surface area contributed by atoms with E-state index in [2.05, 4.69) is 4.98 Å². The van der Waals surface area contributed by atoms with Crippen molar-refractivity contribution in [1.82, 2.24) is 9.55 Å². The van der Waals surface area contributed by atoms with Gasteiger partial charge in [0.1, 0.15) is 12.3 Å². The van der Waals surface area contributed by atoms with E-state index in [9.17, 15) is 24.4 Å². The number of aliphatic hydroxyl groups excluding tert-OH is 1. The lowest BCUT2D eigenvalue weighted by Gasteiger charge is -2.30. The maximum absolute atomic E-state index is 11.9. The van der Waals surface area contributed by atoms with Gasteiger partial charge in [0.25, 0.3) is 5.56 Å². The predicted octanol–water partition coefficient (Wildman–Crippen LogP) is -1.11. The van der Waals surface area contributed by atoms with Gasteiger partial charge in [-0.05, 0) is 6.92 Å². The summed E-state index contributed by atoms with van der Waals surface area (Å²) in [6.07, 6.45) is -2.08. The fourth-order valence-electron chi connectivity index (χ4n) is 2.53. The van der Waals surface area contributed by atoms with Gasteiger partial charge in [-0.3, -0.25) is 14.3 Å². The van der Waals surface area contributed by atoms with E-state index < -0.39 is 50.3 Å². The highest BCUT2D eigenvalue weighted by atomic mass is 31.1. The summed E-state index contributed by atoms with van der Waals surface area (Å²) < 4.78 is 27.1. The lowest BCUT2D eigenvalue weighted by Crippen LogP contribution is -2.54. The molecule has 3 heterocycles. The number of aliphatic hydroxyl groups is 2. The van der Waals surface area contributed by atoms with Crippen molar-refractivity contribution in [1.29, 1.82) is 0 Å². The Kier molecular flexibility index (Phi) is 3.76. The number of H-pyrrole nitrogens is 1. The fourth-order valence-corrected chi connectivity index (χ4v) is 3.22. The molecular weight excluding hydrogens is 319 g/mol. The number of aromatic nitrogens is 2. The van der Waals surface area contributed by atoms with E-state index in [-0.39, 0.29) is 6.42 Å². The maximum atomic E-state index is 11.9. The van der Waals surface area contributed by atoms with Crippen LogP contribution in [0.25, 0.3) is 0 Å². The van der Waals surface area contributed by atoms with Gasteiger partial charge in [-0.15, -0.1) is 0 Å². The lowest BCUT2D eigenvalue weighted by atomic mass is 9.94. The first-order valence-electron chi connectivity index (χ1n) is 6.46. The lowest BCUT2D eigenvalue weighted by molar-refractivity contribution is -0.223. The first-order valence-corrected chi connectivity index (χ1v) is 7.56. The summed E-state index contributed by atoms with van der Waals surface area (Å²) in [5.74, 6) is 0. The summed E-state index contributed by atoms with van der Waals surface area (Å²) in [4.78, 5) is 25.4. The molecule has 1 aromatic heterocycles. The Morgan fingerprint density at radius 3 is 2.77 bits per heavy atom. The van der Waals surface area contributed by atoms with E-state index in [1.54, 1.807) is 0 Å². The first kappa shape index (κ1) is 15.5. The predicted molar refractivity (Wildman–Crippen MR) is 70.2 cm³/mol. The maximum Gasteiger partial charge on any atom is 0.703 e. The van der Waals surface area contributed by atoms with Crippen LogP contribution in [0.5, 0.6) is 0 Å². The minimum Gasteiger partial charge on any atom is -0.394 e. The van der Waals surface area contributed by atoms with Gasteiger partial charge in [0.05, 0.1) is 6.61 Å². The molecule has 3 atom stereocenters. The van der Waals surface area contributed by atoms with E-state index in [1.807, 2.05) is 0 Å². The second-order valence-corrected chi connectivity index (χ2v) is 6.07. The SMILES string of the molecule is Cc1cn([C@H]2C[C@](O)(C3O[P+](=O)O3)[C@@H](CO)O2)c(=O)[nH]c1=O. The van der Waals surface area contributed by atoms with Crippen molar-refractivity contribution in [3.63, 3.8) is 0 Å². The summed E-state index contributed by atoms with van der Waals surface area (Å²) in [7, 11) is -2.28. The number of hydrogen-bond donors (Lipinski definition) is 3. The molecule has 0 saturated carbocycles. The molecule has 3 rings (SSSR count). The van der Waals surface area contributed by atoms with Crippen LogP contribution in [0.1, 0.15) is 18.2 Å². The molecule has 3 N–H and O–H groups in total. The van der Waals surface area contributed by atoms with Crippen molar-refractivity contribution in [3.8, 4) is 0 Å². The minimum atomic E-state index is -2.28. The van der Waals surface area contributed by atoms with Gasteiger partial charge in [-0.1, -0.05) is 9.05 Å². The Morgan fingerprint density at radius 2 is 2.18 bits per heavy atom. The van der Waals surface area contributed by atoms with Crippen molar-refractivity contribution < 1.29 is 28.6 Å². The molecule has 0 radical (unpaired) electrons. The van der Waals surface area contributed by atoms with Crippen LogP contribution < -0.4 is 11.2 Å². The molecular formula is C11H14N2O8P+. The molecule has 2 aliphatic rings. The fraction of sp³-hybridized carbons (Fsp3) is 0.636. The monoisotopic (exact) mass is 333 g/mol. The Balaban J connectivity index is 1.92. The number of nitrogens with one attached hydrogen (secondary N) is 1. The van der Waals surface area contributed by atoms with Gasteiger partial charge >= 0.3 is 20.2 Å². The zero-order valence-corrected chi connectivity index (χ0v) is 12.4. The quantitative estimate of drug-likeness (QED) is 0.591. The van der Waals surface area contributed by atoms with Gasteiger partial charge in [-0.25, -0.2) is 4.79 Å². The average Bonchev–Trinajstić information content (AvgIpc) is 2.77. The minimum absolute atomic E-state index is 0.141. The Bertz CT molecular complexity index is 722. The smallest absolute Gasteiger partial charge is 0.394 e. The molecule has 0 unspecified atom stereocenters. The van der Waals surface area contributed by atoms with Gasteiger partial charge in [0.2, 0.25) is 0 Å². The first-order chi connectivity index (χ1) is 10.3. The zero-order valence-electron chi connectivity index (χ0n) is 11.5. The number of aryl methyl sites for hydroxylation is 1. The molecule has 0 aliphatic carbocycles. The highest BCUT2D eigenvalue weighted by Gasteiger charge is 2.65. The number of hydrogen-bond acceptors (Lipinski definition) is 8. The molecule has 1 aromatic rings. The van der Waals surface area contributed by atoms with Crippen LogP contribution in [0.2, 0.25) is 0 Å². The molecule has 120 valence electrons. The van der Waals surface area contributed by atoms with Crippen LogP contribution in [-0.4, -0.2) is 44.4 Å². The summed E-state index contributed by atoms with van der Waals surface area (Å²) >= 11 is 0. The largest absolute Gasteiger partial charge is 0.703 e. The summed E-state index contributed by atoms with van der Waals surface area (Å²) in [5, 5.41) is 19.9. The van der Waals surface area contributed by atoms with Gasteiger partial charge in [0.15, 0.2) is 5.60 Å². The average molecular weight is 333 g/mol. The second-order valence-electron chi connectivity index (χ2n) is 5.20. The van der Waals surface area contributed by atoms with Crippen LogP contribution in [0.15, 0.2) is 15.8 Å². The van der Waals surface area contributed by atoms with E-state index in [1.165, 1.54) is 13.1 Å². The third-order valence-corrected chi connectivity index (χ3v) is 4.50. The van der Waals surface area contributed by atoms with Crippen LogP contribution >= 0.6 is 8.25 Å². The number of nitrogens with zero attached hydrogens (tertiary/aromatic N) is 1. The van der Waals surface area contributed by atoms with Crippen molar-refractivity contribution in [2.24, 2.45) is 0 Å². The number of rotatable bonds is 3. The van der Waals surface area contributed by atoms with E-state index in [4.69, 9.17) is 13.8 Å². The number of aromatic amines is 1. The van der Waals surface area contributed by atoms with E-state index in [0.29, 0.717) is 5.56 Å². The number of ether oxygens (including phenoxy) is 1. The molecule has 0 bridgehead atoms. The Labute approximate surface area is 124 Å². The summed E-state index contributed by atoms with van der Waals surface area (Å²) in [6.45, 7) is 0.965. The highest BCUT2D eigenvalue weighted by molar-refractivity contribution is 7.34. The molecule has 2 saturated heterocycles. The Morgan fingerprint density at radius 1 is 1.50 bits per heavy atom. The Hall–Kier alpha value is -1.42.